The van der Waals surface area contributed by atoms with E-state index < -0.39 is 11.4 Å². The number of aliphatic carboxylic acids is 1. The molecule has 11 heavy (non-hydrogen) atoms. The summed E-state index contributed by atoms with van der Waals surface area (Å²) in [5.74, 6) is -0.257. The minimum absolute atomic E-state index is 0. The fourth-order valence-electron chi connectivity index (χ4n) is 1.11. The van der Waals surface area contributed by atoms with Crippen molar-refractivity contribution < 1.29 is 27.0 Å². The Hall–Kier alpha value is -0.0105. The van der Waals surface area contributed by atoms with Gasteiger partial charge in [-0.15, -0.1) is 0 Å². The van der Waals surface area contributed by atoms with Crippen LogP contribution >= 0.6 is 0 Å². The summed E-state index contributed by atoms with van der Waals surface area (Å²) >= 11 is 0. The predicted octanol–water partition coefficient (Wildman–Crippen LogP) is 2.14. The Morgan fingerprint density at radius 3 is 1.91 bits per heavy atom. The molecule has 1 radical (unpaired) electrons. The van der Waals surface area contributed by atoms with Gasteiger partial charge >= 0.3 is 5.97 Å². The first-order chi connectivity index (χ1) is 4.36. The first kappa shape index (κ1) is 13.6. The smallest absolute Gasteiger partial charge is 0.309 e. The summed E-state index contributed by atoms with van der Waals surface area (Å²) in [5, 5.41) is 8.69. The summed E-state index contributed by atoms with van der Waals surface area (Å²) in [4.78, 5) is 10.6. The zero-order valence-electron chi connectivity index (χ0n) is 7.44. The second-order valence-corrected chi connectivity index (χ2v) is 3.79. The number of carboxylic acids is 1. The van der Waals surface area contributed by atoms with Gasteiger partial charge in [-0.1, -0.05) is 13.8 Å². The molecule has 1 N–H and O–H groups in total. The maximum absolute atomic E-state index is 10.6. The molecule has 0 saturated heterocycles. The van der Waals surface area contributed by atoms with E-state index in [0.29, 0.717) is 5.92 Å². The first-order valence-electron chi connectivity index (χ1n) is 3.59. The van der Waals surface area contributed by atoms with E-state index in [-0.39, 0.29) is 17.1 Å². The summed E-state index contributed by atoms with van der Waals surface area (Å²) in [5.41, 5.74) is -0.561. The van der Waals surface area contributed by atoms with Gasteiger partial charge in [-0.25, -0.2) is 0 Å². The fourth-order valence-corrected chi connectivity index (χ4v) is 1.11. The van der Waals surface area contributed by atoms with Crippen molar-refractivity contribution in [1.29, 1.82) is 0 Å². The van der Waals surface area contributed by atoms with Crippen LogP contribution in [0.4, 0.5) is 0 Å². The summed E-state index contributed by atoms with van der Waals surface area (Å²) in [7, 11) is 0. The van der Waals surface area contributed by atoms with E-state index in [1.54, 1.807) is 13.8 Å². The first-order valence-corrected chi connectivity index (χ1v) is 3.59. The van der Waals surface area contributed by atoms with Crippen LogP contribution in [0.2, 0.25) is 0 Å². The van der Waals surface area contributed by atoms with Crippen LogP contribution in [0.5, 0.6) is 0 Å². The Kier molecular flexibility index (Phi) is 5.90. The van der Waals surface area contributed by atoms with E-state index in [2.05, 4.69) is 0 Å². The zero-order valence-corrected chi connectivity index (χ0v) is 8.38. The molecule has 0 heterocycles. The van der Waals surface area contributed by atoms with Crippen molar-refractivity contribution in [3.05, 3.63) is 0 Å². The van der Waals surface area contributed by atoms with Gasteiger partial charge in [0.25, 0.3) is 0 Å². The molecule has 0 aliphatic carbocycles. The van der Waals surface area contributed by atoms with Gasteiger partial charge in [0.05, 0.1) is 5.41 Å². The monoisotopic (exact) mass is 207 g/mol. The molecule has 0 bridgehead atoms. The molecule has 0 saturated carbocycles. The Balaban J connectivity index is 0. The van der Waals surface area contributed by atoms with Crippen molar-refractivity contribution in [1.82, 2.24) is 0 Å². The minimum Gasteiger partial charge on any atom is -0.481 e. The summed E-state index contributed by atoms with van der Waals surface area (Å²) in [6.07, 6.45) is 0.738. The minimum atomic E-state index is -0.707. The van der Waals surface area contributed by atoms with Crippen LogP contribution in [0.25, 0.3) is 0 Å². The van der Waals surface area contributed by atoms with Gasteiger partial charge in [-0.3, -0.25) is 4.79 Å². The maximum Gasteiger partial charge on any atom is 0.309 e. The Morgan fingerprint density at radius 1 is 1.45 bits per heavy atom. The van der Waals surface area contributed by atoms with E-state index in [9.17, 15) is 4.79 Å². The second kappa shape index (κ2) is 4.78. The van der Waals surface area contributed by atoms with Crippen LogP contribution < -0.4 is 0 Å². The molecule has 0 aromatic rings. The molecule has 0 aliphatic rings. The molecule has 0 aromatic heterocycles. The fraction of sp³-hybridized carbons (Fsp3) is 0.875. The topological polar surface area (TPSA) is 37.3 Å². The summed E-state index contributed by atoms with van der Waals surface area (Å²) < 4.78 is 0. The van der Waals surface area contributed by atoms with E-state index in [0.717, 1.165) is 6.42 Å². The van der Waals surface area contributed by atoms with Gasteiger partial charge in [0.2, 0.25) is 0 Å². The Morgan fingerprint density at radius 2 is 1.82 bits per heavy atom. The van der Waals surface area contributed by atoms with Crippen molar-refractivity contribution in [2.24, 2.45) is 11.3 Å². The van der Waals surface area contributed by atoms with E-state index in [4.69, 9.17) is 5.11 Å². The summed E-state index contributed by atoms with van der Waals surface area (Å²) in [6, 6.07) is 0. The Bertz CT molecular complexity index is 130. The Labute approximate surface area is 78.8 Å². The van der Waals surface area contributed by atoms with E-state index in [1.807, 2.05) is 13.8 Å². The molecule has 3 heteroatoms. The number of hydrogen-bond donors (Lipinski definition) is 1. The molecule has 0 amide bonds. The normalized spacial score (nSPS) is 11.0. The standard InChI is InChI=1S/C8H16O2.Cu/c1-6(2)5-8(3,4)7(9)10;/h6H,5H2,1-4H3,(H,9,10);. The van der Waals surface area contributed by atoms with Crippen molar-refractivity contribution in [2.45, 2.75) is 34.1 Å². The molecule has 0 aromatic carbocycles. The quantitative estimate of drug-likeness (QED) is 0.721. The molecular formula is C8H16CuO2. The van der Waals surface area contributed by atoms with Crippen LogP contribution in [-0.2, 0) is 21.9 Å². The maximum atomic E-state index is 10.6. The molecule has 0 rings (SSSR count). The molecule has 2 nitrogen and oxygen atoms in total. The molecule has 0 atom stereocenters. The van der Waals surface area contributed by atoms with Gasteiger partial charge in [-0.2, -0.15) is 0 Å². The van der Waals surface area contributed by atoms with Crippen LogP contribution in [-0.4, -0.2) is 11.1 Å². The third-order valence-electron chi connectivity index (χ3n) is 1.50. The average molecular weight is 208 g/mol. The molecule has 0 fully saturated rings. The average Bonchev–Trinajstić information content (AvgIpc) is 1.60. The van der Waals surface area contributed by atoms with Crippen LogP contribution in [0, 0.1) is 11.3 Å². The second-order valence-electron chi connectivity index (χ2n) is 3.79. The van der Waals surface area contributed by atoms with Gasteiger partial charge in [0, 0.05) is 17.1 Å². The molecule has 0 spiro atoms. The predicted molar refractivity (Wildman–Crippen MR) is 40.9 cm³/mol. The van der Waals surface area contributed by atoms with Gasteiger partial charge in [-0.05, 0) is 26.2 Å². The van der Waals surface area contributed by atoms with E-state index in [1.165, 1.54) is 0 Å². The molecule has 71 valence electrons. The van der Waals surface area contributed by atoms with Crippen LogP contribution in [0.1, 0.15) is 34.1 Å². The van der Waals surface area contributed by atoms with Crippen molar-refractivity contribution in [2.75, 3.05) is 0 Å². The van der Waals surface area contributed by atoms with E-state index >= 15 is 0 Å². The number of carboxylic acid groups (broad SMARTS) is 1. The number of rotatable bonds is 3. The molecule has 0 aliphatic heterocycles. The third-order valence-corrected chi connectivity index (χ3v) is 1.50. The molecule has 0 unspecified atom stereocenters. The largest absolute Gasteiger partial charge is 0.481 e. The van der Waals surface area contributed by atoms with Gasteiger partial charge in [0.15, 0.2) is 0 Å². The van der Waals surface area contributed by atoms with Crippen LogP contribution in [0.3, 0.4) is 0 Å². The SMILES string of the molecule is CC(C)CC(C)(C)C(=O)O.[Cu]. The number of carbonyl (C=O) groups is 1. The molecular weight excluding hydrogens is 192 g/mol. The third kappa shape index (κ3) is 5.28. The van der Waals surface area contributed by atoms with Crippen molar-refractivity contribution in [3.63, 3.8) is 0 Å². The zero-order chi connectivity index (χ0) is 8.36. The number of hydrogen-bond acceptors (Lipinski definition) is 1. The van der Waals surface area contributed by atoms with Crippen LogP contribution in [0.15, 0.2) is 0 Å². The van der Waals surface area contributed by atoms with Crippen molar-refractivity contribution in [3.8, 4) is 0 Å². The van der Waals surface area contributed by atoms with Gasteiger partial charge in [0.1, 0.15) is 0 Å². The summed E-state index contributed by atoms with van der Waals surface area (Å²) in [6.45, 7) is 7.58. The van der Waals surface area contributed by atoms with Gasteiger partial charge < -0.3 is 5.11 Å². The van der Waals surface area contributed by atoms with Crippen molar-refractivity contribution >= 4 is 5.97 Å².